The van der Waals surface area contributed by atoms with Gasteiger partial charge in [0.1, 0.15) is 0 Å². The van der Waals surface area contributed by atoms with Gasteiger partial charge in [-0.1, -0.05) is 6.92 Å². The van der Waals surface area contributed by atoms with Crippen LogP contribution in [-0.4, -0.2) is 41.6 Å². The summed E-state index contributed by atoms with van der Waals surface area (Å²) in [6.07, 6.45) is 4.74. The number of piperidine rings is 1. The highest BCUT2D eigenvalue weighted by Gasteiger charge is 2.16. The normalized spacial score (nSPS) is 15.8. The average molecular weight is 270 g/mol. The van der Waals surface area contributed by atoms with Gasteiger partial charge in [-0.2, -0.15) is 15.0 Å². The Morgan fingerprint density at radius 2 is 1.89 bits per heavy atom. The third kappa shape index (κ3) is 3.22. The number of halogens is 1. The standard InChI is InChI=1S/C12H20ClN5/c1-3-7-17(2)11-14-10(13)15-12(16-11)18-8-5-4-6-9-18/h3-9H2,1-2H3. The molecule has 2 heterocycles. The largest absolute Gasteiger partial charge is 0.344 e. The van der Waals surface area contributed by atoms with Crippen molar-refractivity contribution in [3.05, 3.63) is 5.28 Å². The molecule has 0 unspecified atom stereocenters. The van der Waals surface area contributed by atoms with Crippen LogP contribution in [0.3, 0.4) is 0 Å². The van der Waals surface area contributed by atoms with E-state index in [1.54, 1.807) is 0 Å². The Hall–Kier alpha value is -1.10. The van der Waals surface area contributed by atoms with E-state index in [-0.39, 0.29) is 5.28 Å². The summed E-state index contributed by atoms with van der Waals surface area (Å²) < 4.78 is 0. The molecule has 0 bridgehead atoms. The fraction of sp³-hybridized carbons (Fsp3) is 0.750. The first-order chi connectivity index (χ1) is 8.70. The minimum atomic E-state index is 0.281. The predicted octanol–water partition coefficient (Wildman–Crippen LogP) is 2.36. The van der Waals surface area contributed by atoms with Gasteiger partial charge in [-0.25, -0.2) is 0 Å². The van der Waals surface area contributed by atoms with Gasteiger partial charge >= 0.3 is 0 Å². The van der Waals surface area contributed by atoms with Crippen molar-refractivity contribution >= 4 is 23.5 Å². The van der Waals surface area contributed by atoms with E-state index in [9.17, 15) is 0 Å². The van der Waals surface area contributed by atoms with E-state index in [0.29, 0.717) is 11.9 Å². The molecule has 100 valence electrons. The molecule has 0 N–H and O–H groups in total. The average Bonchev–Trinajstić information content (AvgIpc) is 2.39. The second kappa shape index (κ2) is 6.18. The van der Waals surface area contributed by atoms with Crippen molar-refractivity contribution in [2.24, 2.45) is 0 Å². The van der Waals surface area contributed by atoms with Crippen molar-refractivity contribution in [1.82, 2.24) is 15.0 Å². The summed E-state index contributed by atoms with van der Waals surface area (Å²) in [7, 11) is 1.98. The summed E-state index contributed by atoms with van der Waals surface area (Å²) >= 11 is 6.00. The van der Waals surface area contributed by atoms with Crippen LogP contribution >= 0.6 is 11.6 Å². The van der Waals surface area contributed by atoms with Crippen LogP contribution in [0.5, 0.6) is 0 Å². The molecule has 5 nitrogen and oxygen atoms in total. The van der Waals surface area contributed by atoms with Crippen LogP contribution in [-0.2, 0) is 0 Å². The lowest BCUT2D eigenvalue weighted by atomic mass is 10.1. The van der Waals surface area contributed by atoms with Crippen molar-refractivity contribution in [2.45, 2.75) is 32.6 Å². The Morgan fingerprint density at radius 3 is 2.56 bits per heavy atom. The van der Waals surface area contributed by atoms with Crippen molar-refractivity contribution in [1.29, 1.82) is 0 Å². The van der Waals surface area contributed by atoms with Crippen molar-refractivity contribution in [3.63, 3.8) is 0 Å². The fourth-order valence-corrected chi connectivity index (χ4v) is 2.32. The maximum Gasteiger partial charge on any atom is 0.231 e. The van der Waals surface area contributed by atoms with Crippen molar-refractivity contribution in [2.75, 3.05) is 36.5 Å². The highest BCUT2D eigenvalue weighted by Crippen LogP contribution is 2.19. The monoisotopic (exact) mass is 269 g/mol. The molecule has 1 fully saturated rings. The summed E-state index contributed by atoms with van der Waals surface area (Å²) in [6, 6.07) is 0. The van der Waals surface area contributed by atoms with Gasteiger partial charge in [0, 0.05) is 26.7 Å². The molecule has 0 atom stereocenters. The second-order valence-corrected chi connectivity index (χ2v) is 5.01. The van der Waals surface area contributed by atoms with Crippen LogP contribution in [0.25, 0.3) is 0 Å². The third-order valence-electron chi connectivity index (χ3n) is 3.12. The maximum atomic E-state index is 6.00. The first-order valence-electron chi connectivity index (χ1n) is 6.58. The molecule has 1 saturated heterocycles. The van der Waals surface area contributed by atoms with Crippen LogP contribution in [0.15, 0.2) is 0 Å². The topological polar surface area (TPSA) is 45.2 Å². The minimum absolute atomic E-state index is 0.281. The molecule has 0 aromatic carbocycles. The quantitative estimate of drug-likeness (QED) is 0.840. The number of anilines is 2. The van der Waals surface area contributed by atoms with E-state index in [2.05, 4.69) is 26.8 Å². The van der Waals surface area contributed by atoms with E-state index >= 15 is 0 Å². The lowest BCUT2D eigenvalue weighted by Gasteiger charge is -2.27. The fourth-order valence-electron chi connectivity index (χ4n) is 2.17. The van der Waals surface area contributed by atoms with E-state index in [0.717, 1.165) is 26.1 Å². The summed E-state index contributed by atoms with van der Waals surface area (Å²) in [5.41, 5.74) is 0. The lowest BCUT2D eigenvalue weighted by Crippen LogP contribution is -2.32. The molecular weight excluding hydrogens is 250 g/mol. The lowest BCUT2D eigenvalue weighted by molar-refractivity contribution is 0.567. The second-order valence-electron chi connectivity index (χ2n) is 4.67. The Kier molecular flexibility index (Phi) is 4.58. The molecule has 1 aromatic rings. The summed E-state index contributed by atoms with van der Waals surface area (Å²) in [5.74, 6) is 1.38. The van der Waals surface area contributed by atoms with Gasteiger partial charge in [0.15, 0.2) is 0 Å². The number of hydrogen-bond donors (Lipinski definition) is 0. The first kappa shape index (κ1) is 13.3. The third-order valence-corrected chi connectivity index (χ3v) is 3.29. The SMILES string of the molecule is CCCN(C)c1nc(Cl)nc(N2CCCCC2)n1. The van der Waals surface area contributed by atoms with E-state index in [1.165, 1.54) is 19.3 Å². The van der Waals surface area contributed by atoms with Gasteiger partial charge in [0.25, 0.3) is 0 Å². The zero-order valence-corrected chi connectivity index (χ0v) is 11.8. The minimum Gasteiger partial charge on any atom is -0.344 e. The van der Waals surface area contributed by atoms with Crippen LogP contribution in [0.1, 0.15) is 32.6 Å². The van der Waals surface area contributed by atoms with E-state index in [1.807, 2.05) is 11.9 Å². The van der Waals surface area contributed by atoms with Crippen LogP contribution < -0.4 is 9.80 Å². The molecule has 18 heavy (non-hydrogen) atoms. The van der Waals surface area contributed by atoms with Gasteiger partial charge in [0.05, 0.1) is 0 Å². The smallest absolute Gasteiger partial charge is 0.231 e. The molecule has 2 rings (SSSR count). The van der Waals surface area contributed by atoms with Gasteiger partial charge in [0.2, 0.25) is 17.2 Å². The molecule has 0 saturated carbocycles. The molecule has 0 amide bonds. The van der Waals surface area contributed by atoms with Crippen molar-refractivity contribution < 1.29 is 0 Å². The summed E-state index contributed by atoms with van der Waals surface area (Å²) in [6.45, 7) is 5.07. The van der Waals surface area contributed by atoms with Crippen LogP contribution in [0.4, 0.5) is 11.9 Å². The number of nitrogens with zero attached hydrogens (tertiary/aromatic N) is 5. The summed E-state index contributed by atoms with van der Waals surface area (Å²) in [4.78, 5) is 17.2. The van der Waals surface area contributed by atoms with Gasteiger partial charge < -0.3 is 9.80 Å². The molecule has 0 radical (unpaired) electrons. The molecule has 1 aliphatic heterocycles. The molecule has 1 aliphatic rings. The Balaban J connectivity index is 2.19. The zero-order valence-electron chi connectivity index (χ0n) is 11.1. The first-order valence-corrected chi connectivity index (χ1v) is 6.96. The van der Waals surface area contributed by atoms with Gasteiger partial charge in [-0.15, -0.1) is 0 Å². The van der Waals surface area contributed by atoms with E-state index in [4.69, 9.17) is 11.6 Å². The van der Waals surface area contributed by atoms with Crippen LogP contribution in [0, 0.1) is 0 Å². The number of aromatic nitrogens is 3. The molecular formula is C12H20ClN5. The maximum absolute atomic E-state index is 6.00. The van der Waals surface area contributed by atoms with E-state index < -0.39 is 0 Å². The molecule has 0 spiro atoms. The van der Waals surface area contributed by atoms with Crippen molar-refractivity contribution in [3.8, 4) is 0 Å². The summed E-state index contributed by atoms with van der Waals surface area (Å²) in [5, 5.41) is 0.281. The predicted molar refractivity (Wildman–Crippen MR) is 74.5 cm³/mol. The Morgan fingerprint density at radius 1 is 1.17 bits per heavy atom. The number of hydrogen-bond acceptors (Lipinski definition) is 5. The van der Waals surface area contributed by atoms with Crippen LogP contribution in [0.2, 0.25) is 5.28 Å². The number of rotatable bonds is 4. The molecule has 1 aromatic heterocycles. The van der Waals surface area contributed by atoms with Gasteiger partial charge in [-0.05, 0) is 37.3 Å². The molecule has 6 heteroatoms. The highest BCUT2D eigenvalue weighted by atomic mass is 35.5. The Labute approximate surface area is 113 Å². The Bertz CT molecular complexity index is 392. The highest BCUT2D eigenvalue weighted by molar-refractivity contribution is 6.28. The molecule has 0 aliphatic carbocycles. The zero-order chi connectivity index (χ0) is 13.0. The van der Waals surface area contributed by atoms with Gasteiger partial charge in [-0.3, -0.25) is 0 Å².